The van der Waals surface area contributed by atoms with Crippen molar-refractivity contribution in [2.24, 2.45) is 7.05 Å². The lowest BCUT2D eigenvalue weighted by Gasteiger charge is -2.20. The Bertz CT molecular complexity index is 294. The third-order valence-electron chi connectivity index (χ3n) is 2.14. The lowest BCUT2D eigenvalue weighted by atomic mass is 10.1. The molecule has 80 valence electrons. The number of aromatic nitrogens is 2. The van der Waals surface area contributed by atoms with Crippen LogP contribution in [0.5, 0.6) is 0 Å². The Labute approximate surface area is 86.5 Å². The van der Waals surface area contributed by atoms with Gasteiger partial charge in [-0.25, -0.2) is 0 Å². The smallest absolute Gasteiger partial charge is 0.0666 e. The van der Waals surface area contributed by atoms with Crippen LogP contribution in [0.3, 0.4) is 0 Å². The van der Waals surface area contributed by atoms with Gasteiger partial charge in [-0.15, -0.1) is 0 Å². The normalized spacial score (nSPS) is 12.1. The zero-order valence-corrected chi connectivity index (χ0v) is 9.89. The van der Waals surface area contributed by atoms with E-state index in [2.05, 4.69) is 44.3 Å². The van der Waals surface area contributed by atoms with Crippen molar-refractivity contribution >= 4 is 0 Å². The molecule has 0 unspecified atom stereocenters. The van der Waals surface area contributed by atoms with E-state index >= 15 is 0 Å². The maximum atomic E-state index is 4.41. The molecule has 3 heteroatoms. The molecule has 3 nitrogen and oxygen atoms in total. The number of aryl methyl sites for hydroxylation is 2. The summed E-state index contributed by atoms with van der Waals surface area (Å²) in [6, 6.07) is 0. The third-order valence-corrected chi connectivity index (χ3v) is 2.14. The van der Waals surface area contributed by atoms with E-state index in [9.17, 15) is 0 Å². The van der Waals surface area contributed by atoms with Crippen molar-refractivity contribution in [3.8, 4) is 0 Å². The Morgan fingerprint density at radius 1 is 1.43 bits per heavy atom. The standard InChI is InChI=1S/C11H21N3/c1-6-10-9(8-14(5)13-10)7-12-11(2,3)4/h8,12H,6-7H2,1-5H3. The van der Waals surface area contributed by atoms with Gasteiger partial charge in [-0.1, -0.05) is 6.92 Å². The molecular weight excluding hydrogens is 174 g/mol. The molecule has 0 fully saturated rings. The zero-order chi connectivity index (χ0) is 10.8. The van der Waals surface area contributed by atoms with Gasteiger partial charge in [-0.2, -0.15) is 5.10 Å². The van der Waals surface area contributed by atoms with Crippen LogP contribution in [0, 0.1) is 0 Å². The van der Waals surface area contributed by atoms with Crippen LogP contribution in [-0.4, -0.2) is 15.3 Å². The first kappa shape index (κ1) is 11.2. The molecule has 0 amide bonds. The van der Waals surface area contributed by atoms with Gasteiger partial charge in [0, 0.05) is 30.9 Å². The van der Waals surface area contributed by atoms with E-state index < -0.39 is 0 Å². The summed E-state index contributed by atoms with van der Waals surface area (Å²) in [5.74, 6) is 0. The highest BCUT2D eigenvalue weighted by molar-refractivity contribution is 5.16. The second-order valence-electron chi connectivity index (χ2n) is 4.73. The maximum absolute atomic E-state index is 4.41. The predicted molar refractivity (Wildman–Crippen MR) is 59.2 cm³/mol. The molecule has 1 aromatic heterocycles. The van der Waals surface area contributed by atoms with Crippen molar-refractivity contribution < 1.29 is 0 Å². The Morgan fingerprint density at radius 2 is 2.07 bits per heavy atom. The number of nitrogens with zero attached hydrogens (tertiary/aromatic N) is 2. The maximum Gasteiger partial charge on any atom is 0.0666 e. The van der Waals surface area contributed by atoms with Crippen molar-refractivity contribution in [1.82, 2.24) is 15.1 Å². The molecule has 0 aromatic carbocycles. The molecule has 0 aliphatic rings. The van der Waals surface area contributed by atoms with Crippen LogP contribution in [-0.2, 0) is 20.0 Å². The predicted octanol–water partition coefficient (Wildman–Crippen LogP) is 1.87. The van der Waals surface area contributed by atoms with E-state index in [1.165, 1.54) is 11.3 Å². The number of hydrogen-bond donors (Lipinski definition) is 1. The molecule has 0 spiro atoms. The minimum Gasteiger partial charge on any atom is -0.308 e. The van der Waals surface area contributed by atoms with Crippen molar-refractivity contribution in [2.45, 2.75) is 46.2 Å². The van der Waals surface area contributed by atoms with E-state index in [-0.39, 0.29) is 5.54 Å². The Morgan fingerprint density at radius 3 is 2.57 bits per heavy atom. The SMILES string of the molecule is CCc1nn(C)cc1CNC(C)(C)C. The first-order valence-electron chi connectivity index (χ1n) is 5.19. The summed E-state index contributed by atoms with van der Waals surface area (Å²) in [4.78, 5) is 0. The Kier molecular flexibility index (Phi) is 3.32. The minimum absolute atomic E-state index is 0.168. The van der Waals surface area contributed by atoms with Crippen molar-refractivity contribution in [2.75, 3.05) is 0 Å². The topological polar surface area (TPSA) is 29.9 Å². The highest BCUT2D eigenvalue weighted by atomic mass is 15.3. The quantitative estimate of drug-likeness (QED) is 0.798. The second-order valence-corrected chi connectivity index (χ2v) is 4.73. The van der Waals surface area contributed by atoms with Crippen LogP contribution < -0.4 is 5.32 Å². The summed E-state index contributed by atoms with van der Waals surface area (Å²) < 4.78 is 1.89. The van der Waals surface area contributed by atoms with E-state index in [0.29, 0.717) is 0 Å². The van der Waals surface area contributed by atoms with Crippen LogP contribution in [0.1, 0.15) is 39.0 Å². The zero-order valence-electron chi connectivity index (χ0n) is 9.89. The van der Waals surface area contributed by atoms with Gasteiger partial charge in [0.15, 0.2) is 0 Å². The average molecular weight is 195 g/mol. The molecule has 0 aliphatic carbocycles. The Hall–Kier alpha value is -0.830. The van der Waals surface area contributed by atoms with Gasteiger partial charge in [0.2, 0.25) is 0 Å². The first-order chi connectivity index (χ1) is 6.42. The van der Waals surface area contributed by atoms with Gasteiger partial charge in [-0.05, 0) is 27.2 Å². The van der Waals surface area contributed by atoms with Gasteiger partial charge < -0.3 is 5.32 Å². The van der Waals surface area contributed by atoms with E-state index in [4.69, 9.17) is 0 Å². The molecule has 0 saturated carbocycles. The van der Waals surface area contributed by atoms with E-state index in [1.54, 1.807) is 0 Å². The van der Waals surface area contributed by atoms with Gasteiger partial charge >= 0.3 is 0 Å². The molecule has 0 radical (unpaired) electrons. The lowest BCUT2D eigenvalue weighted by Crippen LogP contribution is -2.35. The van der Waals surface area contributed by atoms with Gasteiger partial charge in [-0.3, -0.25) is 4.68 Å². The molecule has 0 bridgehead atoms. The fraction of sp³-hybridized carbons (Fsp3) is 0.727. The summed E-state index contributed by atoms with van der Waals surface area (Å²) in [7, 11) is 1.97. The summed E-state index contributed by atoms with van der Waals surface area (Å²) in [6.07, 6.45) is 3.10. The summed E-state index contributed by atoms with van der Waals surface area (Å²) in [6.45, 7) is 9.57. The number of rotatable bonds is 3. The molecule has 0 aliphatic heterocycles. The van der Waals surface area contributed by atoms with Crippen molar-refractivity contribution in [3.05, 3.63) is 17.5 Å². The fourth-order valence-corrected chi connectivity index (χ4v) is 1.39. The molecule has 14 heavy (non-hydrogen) atoms. The molecule has 1 rings (SSSR count). The van der Waals surface area contributed by atoms with Gasteiger partial charge in [0.25, 0.3) is 0 Å². The summed E-state index contributed by atoms with van der Waals surface area (Å²) in [5, 5.41) is 7.88. The molecule has 1 N–H and O–H groups in total. The molecule has 0 atom stereocenters. The van der Waals surface area contributed by atoms with Crippen LogP contribution >= 0.6 is 0 Å². The monoisotopic (exact) mass is 195 g/mol. The number of hydrogen-bond acceptors (Lipinski definition) is 2. The Balaban J connectivity index is 2.66. The largest absolute Gasteiger partial charge is 0.308 e. The highest BCUT2D eigenvalue weighted by Gasteiger charge is 2.11. The lowest BCUT2D eigenvalue weighted by molar-refractivity contribution is 0.423. The highest BCUT2D eigenvalue weighted by Crippen LogP contribution is 2.09. The molecule has 1 aromatic rings. The van der Waals surface area contributed by atoms with Crippen molar-refractivity contribution in [3.63, 3.8) is 0 Å². The summed E-state index contributed by atoms with van der Waals surface area (Å²) >= 11 is 0. The van der Waals surface area contributed by atoms with E-state index in [1.807, 2.05) is 11.7 Å². The van der Waals surface area contributed by atoms with Crippen LogP contribution in [0.25, 0.3) is 0 Å². The number of nitrogens with one attached hydrogen (secondary N) is 1. The van der Waals surface area contributed by atoms with Crippen molar-refractivity contribution in [1.29, 1.82) is 0 Å². The third kappa shape index (κ3) is 3.14. The van der Waals surface area contributed by atoms with Crippen LogP contribution in [0.15, 0.2) is 6.20 Å². The van der Waals surface area contributed by atoms with Gasteiger partial charge in [0.1, 0.15) is 0 Å². The fourth-order valence-electron chi connectivity index (χ4n) is 1.39. The second kappa shape index (κ2) is 4.13. The van der Waals surface area contributed by atoms with Crippen LogP contribution in [0.4, 0.5) is 0 Å². The first-order valence-corrected chi connectivity index (χ1v) is 5.19. The van der Waals surface area contributed by atoms with E-state index in [0.717, 1.165) is 13.0 Å². The average Bonchev–Trinajstić information content (AvgIpc) is 2.41. The van der Waals surface area contributed by atoms with Gasteiger partial charge in [0.05, 0.1) is 5.69 Å². The molecule has 0 saturated heterocycles. The summed E-state index contributed by atoms with van der Waals surface area (Å²) in [5.41, 5.74) is 2.68. The molecular formula is C11H21N3. The minimum atomic E-state index is 0.168. The van der Waals surface area contributed by atoms with Crippen LogP contribution in [0.2, 0.25) is 0 Å². The molecule has 1 heterocycles.